The summed E-state index contributed by atoms with van der Waals surface area (Å²) in [5, 5.41) is 10.0. The van der Waals surface area contributed by atoms with Crippen molar-refractivity contribution in [3.05, 3.63) is 101 Å². The molecule has 3 aromatic rings. The molecule has 0 atom stereocenters. The number of carboxylic acid groups (broad SMARTS) is 1. The maximum absolute atomic E-state index is 12.3. The van der Waals surface area contributed by atoms with Crippen molar-refractivity contribution in [3.63, 3.8) is 0 Å². The normalized spacial score (nSPS) is 12.8. The highest BCUT2D eigenvalue weighted by Gasteiger charge is 2.32. The van der Waals surface area contributed by atoms with E-state index in [4.69, 9.17) is 4.43 Å². The monoisotopic (exact) mass is 455 g/mol. The topological polar surface area (TPSA) is 46.5 Å². The highest BCUT2D eigenvalue weighted by atomic mass is 28.2. The molecule has 0 saturated carbocycles. The van der Waals surface area contributed by atoms with Gasteiger partial charge in [0.1, 0.15) is 0 Å². The summed E-state index contributed by atoms with van der Waals surface area (Å²) in [7, 11) is 3.02. The third kappa shape index (κ3) is 5.12. The summed E-state index contributed by atoms with van der Waals surface area (Å²) < 4.78 is 5.28. The Labute approximate surface area is 200 Å². The van der Waals surface area contributed by atoms with E-state index in [0.29, 0.717) is 5.57 Å². The third-order valence-electron chi connectivity index (χ3n) is 5.68. The van der Waals surface area contributed by atoms with Gasteiger partial charge in [0, 0.05) is 5.57 Å². The smallest absolute Gasteiger partial charge is 0.370 e. The van der Waals surface area contributed by atoms with E-state index in [1.54, 1.807) is 0 Å². The van der Waals surface area contributed by atoms with Crippen molar-refractivity contribution in [2.75, 3.05) is 0 Å². The van der Waals surface area contributed by atoms with Gasteiger partial charge in [-0.1, -0.05) is 114 Å². The molecule has 0 amide bonds. The van der Waals surface area contributed by atoms with Crippen molar-refractivity contribution in [1.29, 1.82) is 0 Å². The molecular weight excluding hydrogens is 424 g/mol. The minimum atomic E-state index is -1.14. The first-order valence-electron chi connectivity index (χ1n) is 11.1. The van der Waals surface area contributed by atoms with Crippen molar-refractivity contribution in [3.8, 4) is 11.1 Å². The Balaban J connectivity index is 2.59. The Morgan fingerprint density at radius 2 is 1.33 bits per heavy atom. The molecule has 169 valence electrons. The zero-order chi connectivity index (χ0) is 24.4. The molecule has 0 spiro atoms. The minimum absolute atomic E-state index is 0.0947. The van der Waals surface area contributed by atoms with Gasteiger partial charge in [0.25, 0.3) is 0 Å². The largest absolute Gasteiger partial charge is 0.535 e. The van der Waals surface area contributed by atoms with Crippen LogP contribution in [0, 0.1) is 0 Å². The first-order valence-corrected chi connectivity index (χ1v) is 11.5. The average Bonchev–Trinajstić information content (AvgIpc) is 2.76. The lowest BCUT2D eigenvalue weighted by Gasteiger charge is -2.34. The minimum Gasteiger partial charge on any atom is -0.535 e. The van der Waals surface area contributed by atoms with Crippen LogP contribution in [0.2, 0.25) is 0 Å². The molecule has 3 rings (SSSR count). The van der Waals surface area contributed by atoms with E-state index in [0.717, 1.165) is 22.3 Å². The van der Waals surface area contributed by atoms with Gasteiger partial charge in [-0.2, -0.15) is 0 Å². The van der Waals surface area contributed by atoms with E-state index in [-0.39, 0.29) is 16.6 Å². The lowest BCUT2D eigenvalue weighted by Crippen LogP contribution is -2.24. The van der Waals surface area contributed by atoms with E-state index in [9.17, 15) is 9.90 Å². The molecule has 0 aliphatic carbocycles. The summed E-state index contributed by atoms with van der Waals surface area (Å²) in [6.07, 6.45) is 0. The van der Waals surface area contributed by atoms with Crippen LogP contribution in [-0.4, -0.2) is 21.6 Å². The Bertz CT molecular complexity index is 1170. The molecule has 1 N–H and O–H groups in total. The predicted octanol–water partition coefficient (Wildman–Crippen LogP) is 6.89. The fraction of sp³-hybridized carbons (Fsp3) is 0.276. The van der Waals surface area contributed by atoms with Gasteiger partial charge in [-0.3, -0.25) is 0 Å². The molecule has 0 aliphatic rings. The van der Waals surface area contributed by atoms with E-state index < -0.39 is 5.97 Å². The molecule has 3 aromatic carbocycles. The van der Waals surface area contributed by atoms with Crippen LogP contribution in [0.1, 0.15) is 63.8 Å². The van der Waals surface area contributed by atoms with Crippen LogP contribution in [0.25, 0.3) is 16.7 Å². The van der Waals surface area contributed by atoms with E-state index in [1.807, 2.05) is 54.6 Å². The molecule has 0 saturated heterocycles. The van der Waals surface area contributed by atoms with Crippen LogP contribution in [0.5, 0.6) is 0 Å². The lowest BCUT2D eigenvalue weighted by atomic mass is 9.70. The second-order valence-electron chi connectivity index (χ2n) is 10.3. The van der Waals surface area contributed by atoms with Crippen LogP contribution >= 0.6 is 0 Å². The van der Waals surface area contributed by atoms with Gasteiger partial charge in [0.15, 0.2) is 5.76 Å². The number of carbonyl (C=O) groups is 1. The summed E-state index contributed by atoms with van der Waals surface area (Å²) in [6, 6.07) is 23.9. The molecular formula is C29H31O3Si. The quantitative estimate of drug-likeness (QED) is 0.259. The number of benzene rings is 3. The molecule has 0 fully saturated rings. The van der Waals surface area contributed by atoms with Crippen molar-refractivity contribution >= 4 is 22.0 Å². The number of hydrogen-bond donors (Lipinski definition) is 1. The maximum Gasteiger partial charge on any atom is 0.370 e. The Morgan fingerprint density at radius 1 is 0.788 bits per heavy atom. The van der Waals surface area contributed by atoms with Gasteiger partial charge in [-0.05, 0) is 44.2 Å². The molecule has 0 heterocycles. The van der Waals surface area contributed by atoms with Crippen LogP contribution in [0.4, 0.5) is 0 Å². The number of rotatable bonds is 5. The Hall–Kier alpha value is -3.11. The fourth-order valence-electron chi connectivity index (χ4n) is 4.34. The SMILES string of the molecule is CC(C)(C)c1ccc(C(=C(O[Si])C(=O)O)c2ccccc2)c(-c2ccccc2)c1C(C)(C)C. The van der Waals surface area contributed by atoms with Crippen LogP contribution in [0.3, 0.4) is 0 Å². The molecule has 0 bridgehead atoms. The zero-order valence-electron chi connectivity index (χ0n) is 20.2. The molecule has 3 radical (unpaired) electrons. The van der Waals surface area contributed by atoms with Gasteiger partial charge in [-0.25, -0.2) is 4.79 Å². The van der Waals surface area contributed by atoms with Gasteiger partial charge < -0.3 is 9.53 Å². The Morgan fingerprint density at radius 3 is 1.79 bits per heavy atom. The van der Waals surface area contributed by atoms with Gasteiger partial charge in [0.2, 0.25) is 0 Å². The van der Waals surface area contributed by atoms with Crippen molar-refractivity contribution < 1.29 is 14.3 Å². The summed E-state index contributed by atoms with van der Waals surface area (Å²) in [5.74, 6) is -1.29. The highest BCUT2D eigenvalue weighted by Crippen LogP contribution is 2.45. The van der Waals surface area contributed by atoms with Crippen LogP contribution in [-0.2, 0) is 20.1 Å². The summed E-state index contributed by atoms with van der Waals surface area (Å²) in [6.45, 7) is 13.3. The summed E-state index contributed by atoms with van der Waals surface area (Å²) in [4.78, 5) is 12.3. The van der Waals surface area contributed by atoms with E-state index in [2.05, 4.69) is 70.2 Å². The lowest BCUT2D eigenvalue weighted by molar-refractivity contribution is -0.134. The van der Waals surface area contributed by atoms with Crippen LogP contribution < -0.4 is 0 Å². The van der Waals surface area contributed by atoms with Crippen molar-refractivity contribution in [2.45, 2.75) is 52.4 Å². The molecule has 4 heteroatoms. The molecule has 0 aliphatic heterocycles. The molecule has 33 heavy (non-hydrogen) atoms. The van der Waals surface area contributed by atoms with Gasteiger partial charge in [0.05, 0.1) is 0 Å². The molecule has 0 aromatic heterocycles. The van der Waals surface area contributed by atoms with E-state index in [1.165, 1.54) is 11.1 Å². The first-order chi connectivity index (χ1) is 15.5. The maximum atomic E-state index is 12.3. The van der Waals surface area contributed by atoms with E-state index >= 15 is 0 Å². The number of hydrogen-bond acceptors (Lipinski definition) is 2. The highest BCUT2D eigenvalue weighted by molar-refractivity contribution is 6.08. The molecule has 3 nitrogen and oxygen atoms in total. The van der Waals surface area contributed by atoms with Gasteiger partial charge >= 0.3 is 16.5 Å². The average molecular weight is 456 g/mol. The fourth-order valence-corrected chi connectivity index (χ4v) is 4.52. The number of carboxylic acids is 1. The van der Waals surface area contributed by atoms with Crippen molar-refractivity contribution in [1.82, 2.24) is 0 Å². The first kappa shape index (κ1) is 24.5. The van der Waals surface area contributed by atoms with Crippen molar-refractivity contribution in [2.24, 2.45) is 0 Å². The van der Waals surface area contributed by atoms with Gasteiger partial charge in [-0.15, -0.1) is 0 Å². The second-order valence-corrected chi connectivity index (χ2v) is 10.5. The predicted molar refractivity (Wildman–Crippen MR) is 136 cm³/mol. The summed E-state index contributed by atoms with van der Waals surface area (Å²) >= 11 is 0. The Kier molecular flexibility index (Phi) is 6.99. The third-order valence-corrected chi connectivity index (χ3v) is 5.89. The summed E-state index contributed by atoms with van der Waals surface area (Å²) in [5.41, 5.74) is 6.34. The zero-order valence-corrected chi connectivity index (χ0v) is 21.2. The number of aliphatic carboxylic acids is 1. The second kappa shape index (κ2) is 9.40. The van der Waals surface area contributed by atoms with Crippen LogP contribution in [0.15, 0.2) is 78.6 Å². The standard InChI is InChI=1S/C29H31O3Si/c1-28(2,3)22-18-17-21(23(25(22)29(4,5)6)19-13-9-7-10-14-19)24(26(32-33)27(30)31)20-15-11-8-12-16-20/h7-18H,1-6H3,(H,30,31). The molecule has 0 unspecified atom stereocenters.